The molecule has 1 atom stereocenters. The van der Waals surface area contributed by atoms with Gasteiger partial charge in [0.15, 0.2) is 5.78 Å². The van der Waals surface area contributed by atoms with Gasteiger partial charge in [0.05, 0.1) is 11.1 Å². The molecule has 0 heterocycles. The zero-order valence-corrected chi connectivity index (χ0v) is 13.0. The first-order chi connectivity index (χ1) is 9.54. The van der Waals surface area contributed by atoms with Crippen LogP contribution in [0.25, 0.3) is 0 Å². The van der Waals surface area contributed by atoms with E-state index in [1.807, 2.05) is 28.7 Å². The van der Waals surface area contributed by atoms with Crippen LogP contribution in [0.5, 0.6) is 0 Å². The van der Waals surface area contributed by atoms with Gasteiger partial charge in [-0.05, 0) is 40.8 Å². The first-order valence-electron chi connectivity index (χ1n) is 5.68. The van der Waals surface area contributed by atoms with Gasteiger partial charge < -0.3 is 0 Å². The van der Waals surface area contributed by atoms with E-state index in [0.717, 1.165) is 3.57 Å². The van der Waals surface area contributed by atoms with Crippen molar-refractivity contribution in [2.24, 2.45) is 0 Å². The largest absolute Gasteiger partial charge is 0.292 e. The summed E-state index contributed by atoms with van der Waals surface area (Å²) in [7, 11) is 0. The lowest BCUT2D eigenvalue weighted by Gasteiger charge is -2.10. The second-order valence-electron chi connectivity index (χ2n) is 4.08. The minimum atomic E-state index is -1.17. The number of nitriles is 1. The van der Waals surface area contributed by atoms with Gasteiger partial charge in [0.1, 0.15) is 11.7 Å². The molecule has 0 aliphatic heterocycles. The second kappa shape index (κ2) is 6.33. The molecule has 5 heteroatoms. The summed E-state index contributed by atoms with van der Waals surface area (Å²) in [6.07, 6.45) is 0. The van der Waals surface area contributed by atoms with Crippen LogP contribution < -0.4 is 0 Å². The lowest BCUT2D eigenvalue weighted by Crippen LogP contribution is -2.13. The van der Waals surface area contributed by atoms with Crippen molar-refractivity contribution in [1.82, 2.24) is 0 Å². The van der Waals surface area contributed by atoms with Crippen molar-refractivity contribution in [1.29, 1.82) is 5.26 Å². The molecule has 0 saturated heterocycles. The highest BCUT2D eigenvalue weighted by Gasteiger charge is 2.24. The first-order valence-corrected chi connectivity index (χ1v) is 7.13. The van der Waals surface area contributed by atoms with Crippen LogP contribution in [0.4, 0.5) is 4.39 Å². The molecule has 0 amide bonds. The Hall–Kier alpha value is -1.45. The van der Waals surface area contributed by atoms with Crippen molar-refractivity contribution in [2.45, 2.75) is 5.92 Å². The monoisotopic (exact) mass is 399 g/mol. The third kappa shape index (κ3) is 3.00. The van der Waals surface area contributed by atoms with E-state index in [1.54, 1.807) is 18.2 Å². The molecule has 2 nitrogen and oxygen atoms in total. The van der Waals surface area contributed by atoms with Crippen molar-refractivity contribution in [3.63, 3.8) is 0 Å². The fraction of sp³-hybridized carbons (Fsp3) is 0.0667. The van der Waals surface area contributed by atoms with E-state index in [9.17, 15) is 14.4 Å². The Labute approximate surface area is 134 Å². The van der Waals surface area contributed by atoms with Gasteiger partial charge in [-0.3, -0.25) is 4.79 Å². The van der Waals surface area contributed by atoms with Gasteiger partial charge in [-0.15, -0.1) is 0 Å². The number of hydrogen-bond donors (Lipinski definition) is 0. The van der Waals surface area contributed by atoms with Crippen LogP contribution >= 0.6 is 34.2 Å². The van der Waals surface area contributed by atoms with Crippen LogP contribution in [0.2, 0.25) is 5.02 Å². The van der Waals surface area contributed by atoms with Crippen LogP contribution in [0.15, 0.2) is 42.5 Å². The van der Waals surface area contributed by atoms with Crippen LogP contribution in [-0.2, 0) is 0 Å². The molecule has 0 spiro atoms. The Kier molecular flexibility index (Phi) is 4.73. The number of ketones is 1. The third-order valence-electron chi connectivity index (χ3n) is 2.81. The second-order valence-corrected chi connectivity index (χ2v) is 5.65. The Morgan fingerprint density at radius 1 is 1.30 bits per heavy atom. The van der Waals surface area contributed by atoms with Crippen molar-refractivity contribution in [3.8, 4) is 6.07 Å². The topological polar surface area (TPSA) is 40.9 Å². The first kappa shape index (κ1) is 14.9. The molecule has 0 fully saturated rings. The summed E-state index contributed by atoms with van der Waals surface area (Å²) in [6.45, 7) is 0. The average Bonchev–Trinajstić information content (AvgIpc) is 2.44. The summed E-state index contributed by atoms with van der Waals surface area (Å²) in [5.41, 5.74) is 0.375. The molecule has 0 aliphatic rings. The van der Waals surface area contributed by atoms with Gasteiger partial charge in [0, 0.05) is 14.7 Å². The Morgan fingerprint density at radius 3 is 2.60 bits per heavy atom. The summed E-state index contributed by atoms with van der Waals surface area (Å²) in [4.78, 5) is 12.3. The fourth-order valence-corrected chi connectivity index (χ4v) is 2.31. The molecule has 0 N–H and O–H groups in total. The zero-order valence-electron chi connectivity index (χ0n) is 10.1. The van der Waals surface area contributed by atoms with Crippen molar-refractivity contribution in [3.05, 3.63) is 68.0 Å². The molecular formula is C15H8ClFINO. The van der Waals surface area contributed by atoms with Gasteiger partial charge in [-0.25, -0.2) is 4.39 Å². The van der Waals surface area contributed by atoms with Crippen LogP contribution in [0.3, 0.4) is 0 Å². The maximum Gasteiger partial charge on any atom is 0.184 e. The van der Waals surface area contributed by atoms with Gasteiger partial charge in [-0.1, -0.05) is 35.9 Å². The number of halogens is 3. The quantitative estimate of drug-likeness (QED) is 0.560. The number of carbonyl (C=O) groups is 1. The highest BCUT2D eigenvalue weighted by molar-refractivity contribution is 14.1. The van der Waals surface area contributed by atoms with Crippen molar-refractivity contribution < 1.29 is 9.18 Å². The average molecular weight is 400 g/mol. The summed E-state index contributed by atoms with van der Waals surface area (Å²) >= 11 is 8.01. The number of Topliss-reactive ketones (excluding diaryl/α,β-unsaturated/α-hetero) is 1. The zero-order chi connectivity index (χ0) is 14.7. The third-order valence-corrected chi connectivity index (χ3v) is 4.38. The molecule has 100 valence electrons. The normalized spacial score (nSPS) is 11.7. The number of rotatable bonds is 3. The van der Waals surface area contributed by atoms with Crippen LogP contribution in [0, 0.1) is 20.7 Å². The van der Waals surface area contributed by atoms with E-state index >= 15 is 0 Å². The number of hydrogen-bond acceptors (Lipinski definition) is 2. The summed E-state index contributed by atoms with van der Waals surface area (Å²) in [5.74, 6) is -2.20. The molecular weight excluding hydrogens is 392 g/mol. The van der Waals surface area contributed by atoms with E-state index in [1.165, 1.54) is 24.3 Å². The van der Waals surface area contributed by atoms with Crippen molar-refractivity contribution in [2.75, 3.05) is 0 Å². The van der Waals surface area contributed by atoms with E-state index in [0.29, 0.717) is 10.6 Å². The highest BCUT2D eigenvalue weighted by atomic mass is 127. The van der Waals surface area contributed by atoms with Gasteiger partial charge >= 0.3 is 0 Å². The number of benzene rings is 2. The molecule has 0 radical (unpaired) electrons. The molecule has 0 aliphatic carbocycles. The van der Waals surface area contributed by atoms with Crippen LogP contribution in [0.1, 0.15) is 21.8 Å². The molecule has 20 heavy (non-hydrogen) atoms. The highest BCUT2D eigenvalue weighted by Crippen LogP contribution is 2.26. The number of carbonyl (C=O) groups excluding carboxylic acids is 1. The van der Waals surface area contributed by atoms with Gasteiger partial charge in [0.2, 0.25) is 0 Å². The summed E-state index contributed by atoms with van der Waals surface area (Å²) in [5, 5.41) is 9.62. The van der Waals surface area contributed by atoms with Crippen LogP contribution in [-0.4, -0.2) is 5.78 Å². The Bertz CT molecular complexity index is 711. The SMILES string of the molecule is N#CC(C(=O)c1ccc(I)c(Cl)c1)c1ccccc1F. The molecule has 0 saturated carbocycles. The molecule has 1 unspecified atom stereocenters. The summed E-state index contributed by atoms with van der Waals surface area (Å²) in [6, 6.07) is 12.4. The lowest BCUT2D eigenvalue weighted by atomic mass is 9.91. The Morgan fingerprint density at radius 2 is 2.00 bits per heavy atom. The Balaban J connectivity index is 2.42. The maximum atomic E-state index is 13.7. The van der Waals surface area contributed by atoms with Gasteiger partial charge in [-0.2, -0.15) is 5.26 Å². The number of nitrogens with zero attached hydrogens (tertiary/aromatic N) is 1. The predicted octanol–water partition coefficient (Wildman–Crippen LogP) is 4.57. The minimum absolute atomic E-state index is 0.0784. The molecule has 0 aromatic heterocycles. The predicted molar refractivity (Wildman–Crippen MR) is 83.3 cm³/mol. The smallest absolute Gasteiger partial charge is 0.184 e. The molecule has 2 aromatic carbocycles. The van der Waals surface area contributed by atoms with E-state index in [-0.39, 0.29) is 5.56 Å². The van der Waals surface area contributed by atoms with E-state index < -0.39 is 17.5 Å². The van der Waals surface area contributed by atoms with E-state index in [2.05, 4.69) is 0 Å². The standard InChI is InChI=1S/C15H8ClFINO/c16-12-7-9(5-6-14(12)18)15(20)11(8-19)10-3-1-2-4-13(10)17/h1-7,11H. The molecule has 2 aromatic rings. The lowest BCUT2D eigenvalue weighted by molar-refractivity contribution is 0.0977. The van der Waals surface area contributed by atoms with Crippen molar-refractivity contribution >= 4 is 40.0 Å². The molecule has 2 rings (SSSR count). The van der Waals surface area contributed by atoms with E-state index in [4.69, 9.17) is 11.6 Å². The fourth-order valence-electron chi connectivity index (χ4n) is 1.79. The maximum absolute atomic E-state index is 13.7. The summed E-state index contributed by atoms with van der Waals surface area (Å²) < 4.78 is 14.5. The van der Waals surface area contributed by atoms with Gasteiger partial charge in [0.25, 0.3) is 0 Å². The minimum Gasteiger partial charge on any atom is -0.292 e. The molecule has 0 bridgehead atoms.